The van der Waals surface area contributed by atoms with E-state index in [2.05, 4.69) is 25.8 Å². The average molecular weight is 577 g/mol. The van der Waals surface area contributed by atoms with Gasteiger partial charge in [0.25, 0.3) is 5.91 Å². The van der Waals surface area contributed by atoms with Crippen molar-refractivity contribution in [1.82, 2.24) is 30.7 Å². The summed E-state index contributed by atoms with van der Waals surface area (Å²) in [7, 11) is 0. The minimum absolute atomic E-state index is 0.0221. The van der Waals surface area contributed by atoms with Gasteiger partial charge in [-0.2, -0.15) is 0 Å². The van der Waals surface area contributed by atoms with Crippen LogP contribution in [0.5, 0.6) is 0 Å². The van der Waals surface area contributed by atoms with E-state index in [1.54, 1.807) is 18.7 Å². The van der Waals surface area contributed by atoms with Crippen LogP contribution in [0.1, 0.15) is 65.9 Å². The van der Waals surface area contributed by atoms with Crippen LogP contribution < -0.4 is 10.6 Å². The van der Waals surface area contributed by atoms with Gasteiger partial charge in [0.1, 0.15) is 29.3 Å². The average Bonchev–Trinajstić information content (AvgIpc) is 3.74. The molecule has 3 amide bonds. The summed E-state index contributed by atoms with van der Waals surface area (Å²) in [5.74, 6) is -2.32. The van der Waals surface area contributed by atoms with Crippen LogP contribution in [-0.2, 0) is 9.59 Å². The van der Waals surface area contributed by atoms with Crippen molar-refractivity contribution in [3.8, 4) is 11.3 Å². The van der Waals surface area contributed by atoms with Crippen LogP contribution >= 0.6 is 0 Å². The molecule has 42 heavy (non-hydrogen) atoms. The molecule has 3 N–H and O–H groups in total. The molecular formula is C30H30F2N6O4. The van der Waals surface area contributed by atoms with E-state index >= 15 is 0 Å². The highest BCUT2D eigenvalue weighted by atomic mass is 19.1. The van der Waals surface area contributed by atoms with Gasteiger partial charge in [-0.05, 0) is 44.4 Å². The van der Waals surface area contributed by atoms with E-state index in [1.807, 2.05) is 30.3 Å². The first kappa shape index (κ1) is 28.7. The van der Waals surface area contributed by atoms with Crippen LogP contribution in [0, 0.1) is 18.6 Å². The van der Waals surface area contributed by atoms with E-state index in [1.165, 1.54) is 18.3 Å². The molecule has 1 saturated heterocycles. The van der Waals surface area contributed by atoms with E-state index in [-0.39, 0.29) is 29.6 Å². The lowest BCUT2D eigenvalue weighted by Gasteiger charge is -2.27. The number of likely N-dealkylation sites (tertiary alicyclic amines) is 1. The lowest BCUT2D eigenvalue weighted by Crippen LogP contribution is -2.50. The van der Waals surface area contributed by atoms with Crippen LogP contribution in [0.2, 0.25) is 0 Å². The number of imidazole rings is 1. The molecule has 1 aliphatic heterocycles. The topological polar surface area (TPSA) is 133 Å². The Hall–Kier alpha value is -4.87. The van der Waals surface area contributed by atoms with E-state index in [0.29, 0.717) is 23.8 Å². The van der Waals surface area contributed by atoms with Crippen molar-refractivity contribution < 1.29 is 27.7 Å². The molecule has 3 atom stereocenters. The molecular weight excluding hydrogens is 546 g/mol. The summed E-state index contributed by atoms with van der Waals surface area (Å²) in [5.41, 5.74) is 1.40. The highest BCUT2D eigenvalue weighted by Gasteiger charge is 2.34. The maximum Gasteiger partial charge on any atom is 0.274 e. The molecule has 10 nitrogen and oxygen atoms in total. The quantitative estimate of drug-likeness (QED) is 0.271. The molecule has 1 fully saturated rings. The van der Waals surface area contributed by atoms with Crippen molar-refractivity contribution >= 4 is 17.7 Å². The highest BCUT2D eigenvalue weighted by Crippen LogP contribution is 2.32. The van der Waals surface area contributed by atoms with Gasteiger partial charge in [0.15, 0.2) is 5.69 Å². The number of carbonyl (C=O) groups excluding carboxylic acids is 3. The van der Waals surface area contributed by atoms with Crippen molar-refractivity contribution in [3.05, 3.63) is 95.3 Å². The third-order valence-corrected chi connectivity index (χ3v) is 7.20. The van der Waals surface area contributed by atoms with Gasteiger partial charge < -0.3 is 25.0 Å². The summed E-state index contributed by atoms with van der Waals surface area (Å²) in [5, 5.41) is 9.10. The standard InChI is InChI=1S/C30H30F2N6O4/c1-17-13-24(37-42-17)30(41)36-23(15-27(39)38-12-6-9-26(38)19-7-4-3-5-8-19)29(40)34-18(2)28-33-16-25(35-28)21-11-10-20(31)14-22(21)32/h3-5,7-8,10-11,13-14,16,18,23,26H,6,9,12,15H2,1-2H3,(H,33,35)(H,34,40)(H,36,41)/t18?,23-,26+/m0/s1. The van der Waals surface area contributed by atoms with Gasteiger partial charge in [-0.1, -0.05) is 35.5 Å². The van der Waals surface area contributed by atoms with Crippen LogP contribution in [0.4, 0.5) is 8.78 Å². The van der Waals surface area contributed by atoms with Crippen LogP contribution in [0.3, 0.4) is 0 Å². The Kier molecular flexibility index (Phi) is 8.41. The number of nitrogens with zero attached hydrogens (tertiary/aromatic N) is 3. The van der Waals surface area contributed by atoms with Gasteiger partial charge in [0.05, 0.1) is 30.4 Å². The normalized spacial score (nSPS) is 16.2. The minimum atomic E-state index is -1.23. The van der Waals surface area contributed by atoms with Crippen molar-refractivity contribution in [3.63, 3.8) is 0 Å². The Bertz CT molecular complexity index is 1590. The second kappa shape index (κ2) is 12.3. The molecule has 0 radical (unpaired) electrons. The van der Waals surface area contributed by atoms with Crippen molar-refractivity contribution in [2.24, 2.45) is 0 Å². The van der Waals surface area contributed by atoms with Gasteiger partial charge >= 0.3 is 0 Å². The van der Waals surface area contributed by atoms with Gasteiger partial charge in [-0.15, -0.1) is 0 Å². The Morgan fingerprint density at radius 3 is 2.62 bits per heavy atom. The fraction of sp³-hybridized carbons (Fsp3) is 0.300. The number of hydrogen-bond acceptors (Lipinski definition) is 6. The maximum absolute atomic E-state index is 14.3. The summed E-state index contributed by atoms with van der Waals surface area (Å²) in [4.78, 5) is 48.8. The number of hydrogen-bond donors (Lipinski definition) is 3. The Morgan fingerprint density at radius 1 is 1.12 bits per heavy atom. The van der Waals surface area contributed by atoms with Crippen molar-refractivity contribution in [2.75, 3.05) is 6.54 Å². The number of aryl methyl sites for hydroxylation is 1. The van der Waals surface area contributed by atoms with Crippen molar-refractivity contribution in [1.29, 1.82) is 0 Å². The fourth-order valence-corrected chi connectivity index (χ4v) is 5.08. The number of aromatic amines is 1. The third-order valence-electron chi connectivity index (χ3n) is 7.20. The number of aromatic nitrogens is 3. The zero-order chi connectivity index (χ0) is 29.8. The molecule has 0 bridgehead atoms. The highest BCUT2D eigenvalue weighted by molar-refractivity contribution is 5.97. The molecule has 2 aromatic heterocycles. The number of carbonyl (C=O) groups is 3. The van der Waals surface area contributed by atoms with Gasteiger partial charge in [-0.3, -0.25) is 14.4 Å². The molecule has 218 valence electrons. The molecule has 2 aromatic carbocycles. The monoisotopic (exact) mass is 576 g/mol. The lowest BCUT2D eigenvalue weighted by atomic mass is 10.0. The van der Waals surface area contributed by atoms with Gasteiger partial charge in [0, 0.05) is 24.2 Å². The van der Waals surface area contributed by atoms with Crippen molar-refractivity contribution in [2.45, 2.75) is 51.2 Å². The summed E-state index contributed by atoms with van der Waals surface area (Å²) >= 11 is 0. The van der Waals surface area contributed by atoms with Gasteiger partial charge in [-0.25, -0.2) is 13.8 Å². The predicted molar refractivity (Wildman–Crippen MR) is 148 cm³/mol. The van der Waals surface area contributed by atoms with E-state index in [0.717, 1.165) is 30.5 Å². The number of rotatable bonds is 9. The fourth-order valence-electron chi connectivity index (χ4n) is 5.08. The molecule has 0 aliphatic carbocycles. The third kappa shape index (κ3) is 6.37. The Balaban J connectivity index is 1.32. The zero-order valence-corrected chi connectivity index (χ0v) is 23.1. The first-order chi connectivity index (χ1) is 20.2. The van der Waals surface area contributed by atoms with E-state index in [9.17, 15) is 23.2 Å². The number of nitrogens with one attached hydrogen (secondary N) is 3. The predicted octanol–water partition coefficient (Wildman–Crippen LogP) is 4.38. The number of amides is 3. The molecule has 0 spiro atoms. The largest absolute Gasteiger partial charge is 0.361 e. The molecule has 12 heteroatoms. The second-order valence-corrected chi connectivity index (χ2v) is 10.2. The molecule has 1 aliphatic rings. The summed E-state index contributed by atoms with van der Waals surface area (Å²) in [6, 6.07) is 12.2. The first-order valence-corrected chi connectivity index (χ1v) is 13.6. The molecule has 4 aromatic rings. The van der Waals surface area contributed by atoms with Crippen LogP contribution in [0.25, 0.3) is 11.3 Å². The summed E-state index contributed by atoms with van der Waals surface area (Å²) in [6.07, 6.45) is 2.71. The van der Waals surface area contributed by atoms with E-state index < -0.39 is 35.5 Å². The van der Waals surface area contributed by atoms with Gasteiger partial charge in [0.2, 0.25) is 11.8 Å². The molecule has 3 heterocycles. The van der Waals surface area contributed by atoms with Crippen LogP contribution in [0.15, 0.2) is 65.3 Å². The smallest absolute Gasteiger partial charge is 0.274 e. The maximum atomic E-state index is 14.3. The van der Waals surface area contributed by atoms with Crippen LogP contribution in [-0.4, -0.2) is 50.3 Å². The molecule has 0 saturated carbocycles. The molecule has 1 unspecified atom stereocenters. The SMILES string of the molecule is Cc1cc(C(=O)N[C@@H](CC(=O)N2CCC[C@@H]2c2ccccc2)C(=O)NC(C)c2ncc(-c3ccc(F)cc3F)[nH]2)no1. The zero-order valence-electron chi connectivity index (χ0n) is 23.1. The number of benzene rings is 2. The number of halogens is 2. The second-order valence-electron chi connectivity index (χ2n) is 10.2. The minimum Gasteiger partial charge on any atom is -0.361 e. The Morgan fingerprint density at radius 2 is 1.90 bits per heavy atom. The number of H-pyrrole nitrogens is 1. The first-order valence-electron chi connectivity index (χ1n) is 13.6. The molecule has 5 rings (SSSR count). The summed E-state index contributed by atoms with van der Waals surface area (Å²) < 4.78 is 32.6. The Labute approximate surface area is 240 Å². The summed E-state index contributed by atoms with van der Waals surface area (Å²) in [6.45, 7) is 3.81. The lowest BCUT2D eigenvalue weighted by molar-refractivity contribution is -0.135. The van der Waals surface area contributed by atoms with E-state index in [4.69, 9.17) is 4.52 Å².